The van der Waals surface area contributed by atoms with Crippen molar-refractivity contribution >= 4 is 35.2 Å². The van der Waals surface area contributed by atoms with Crippen LogP contribution in [0, 0.1) is 0 Å². The van der Waals surface area contributed by atoms with Gasteiger partial charge in [-0.2, -0.15) is 0 Å². The van der Waals surface area contributed by atoms with Gasteiger partial charge < -0.3 is 20.1 Å². The summed E-state index contributed by atoms with van der Waals surface area (Å²) in [5.41, 5.74) is 2.51. The summed E-state index contributed by atoms with van der Waals surface area (Å²) >= 11 is 5.90. The van der Waals surface area contributed by atoms with Gasteiger partial charge in [0.1, 0.15) is 5.75 Å². The van der Waals surface area contributed by atoms with E-state index >= 15 is 0 Å². The number of amides is 2. The molecule has 1 heterocycles. The molecule has 0 unspecified atom stereocenters. The quantitative estimate of drug-likeness (QED) is 0.518. The molecule has 0 saturated heterocycles. The largest absolute Gasteiger partial charge is 0.494 e. The lowest BCUT2D eigenvalue weighted by Gasteiger charge is -2.20. The van der Waals surface area contributed by atoms with Crippen LogP contribution in [0.4, 0.5) is 5.69 Å². The Bertz CT molecular complexity index is 1190. The predicted octanol–water partition coefficient (Wildman–Crippen LogP) is 5.04. The Hall–Kier alpha value is -3.77. The van der Waals surface area contributed by atoms with Crippen LogP contribution in [0.25, 0.3) is 6.08 Å². The van der Waals surface area contributed by atoms with Gasteiger partial charge in [0.25, 0.3) is 11.8 Å². The molecule has 0 radical (unpaired) electrons. The second kappa shape index (κ2) is 9.58. The van der Waals surface area contributed by atoms with Gasteiger partial charge in [0.2, 0.25) is 0 Å². The smallest absolute Gasteiger partial charge is 0.291 e. The molecule has 7 heteroatoms. The first-order valence-electron chi connectivity index (χ1n) is 10.1. The van der Waals surface area contributed by atoms with E-state index in [-0.39, 0.29) is 11.7 Å². The highest BCUT2D eigenvalue weighted by Gasteiger charge is 2.23. The number of fused-ring (bicyclic) bond motifs is 1. The van der Waals surface area contributed by atoms with Gasteiger partial charge in [-0.1, -0.05) is 41.9 Å². The molecule has 32 heavy (non-hydrogen) atoms. The summed E-state index contributed by atoms with van der Waals surface area (Å²) in [6, 6.07) is 19.5. The molecule has 2 amide bonds. The lowest BCUT2D eigenvalue weighted by Crippen LogP contribution is -2.26. The standard InChI is InChI=1S/C25H21ClN2O4/c1-2-31-21-6-4-3-5-18(21)15-27-24(29)17-9-12-22-20(14-17)28-25(30)23(32-22)13-16-7-10-19(26)11-8-16/h3-14H,2,15H2,1H3,(H,27,29)(H,28,30). The van der Waals surface area contributed by atoms with Crippen LogP contribution >= 0.6 is 11.6 Å². The van der Waals surface area contributed by atoms with Crippen molar-refractivity contribution in [1.29, 1.82) is 0 Å². The summed E-state index contributed by atoms with van der Waals surface area (Å²) in [6.07, 6.45) is 1.63. The van der Waals surface area contributed by atoms with E-state index in [2.05, 4.69) is 10.6 Å². The molecular formula is C25H21ClN2O4. The van der Waals surface area contributed by atoms with Crippen molar-refractivity contribution in [2.24, 2.45) is 0 Å². The molecule has 6 nitrogen and oxygen atoms in total. The van der Waals surface area contributed by atoms with Gasteiger partial charge in [0.15, 0.2) is 11.5 Å². The number of anilines is 1. The number of carbonyl (C=O) groups excluding carboxylic acids is 2. The first-order valence-corrected chi connectivity index (χ1v) is 10.5. The summed E-state index contributed by atoms with van der Waals surface area (Å²) in [4.78, 5) is 25.1. The van der Waals surface area contributed by atoms with E-state index in [9.17, 15) is 9.59 Å². The van der Waals surface area contributed by atoms with Crippen LogP contribution in [0.15, 0.2) is 72.5 Å². The second-order valence-electron chi connectivity index (χ2n) is 7.05. The molecule has 1 aliphatic heterocycles. The van der Waals surface area contributed by atoms with E-state index in [1.807, 2.05) is 31.2 Å². The minimum Gasteiger partial charge on any atom is -0.494 e. The average Bonchev–Trinajstić information content (AvgIpc) is 2.80. The number of hydrogen-bond acceptors (Lipinski definition) is 4. The van der Waals surface area contributed by atoms with Gasteiger partial charge in [-0.3, -0.25) is 9.59 Å². The molecule has 0 saturated carbocycles. The average molecular weight is 449 g/mol. The fourth-order valence-electron chi connectivity index (χ4n) is 3.24. The van der Waals surface area contributed by atoms with Gasteiger partial charge >= 0.3 is 0 Å². The van der Waals surface area contributed by atoms with Crippen LogP contribution in [0.3, 0.4) is 0 Å². The Morgan fingerprint density at radius 3 is 2.69 bits per heavy atom. The minimum absolute atomic E-state index is 0.157. The predicted molar refractivity (Wildman–Crippen MR) is 124 cm³/mol. The maximum absolute atomic E-state index is 12.7. The van der Waals surface area contributed by atoms with Crippen LogP contribution in [-0.2, 0) is 11.3 Å². The number of rotatable bonds is 6. The summed E-state index contributed by atoms with van der Waals surface area (Å²) < 4.78 is 11.3. The summed E-state index contributed by atoms with van der Waals surface area (Å²) in [7, 11) is 0. The van der Waals surface area contributed by atoms with Crippen LogP contribution in [0.2, 0.25) is 5.02 Å². The van der Waals surface area contributed by atoms with Crippen molar-refractivity contribution in [2.75, 3.05) is 11.9 Å². The van der Waals surface area contributed by atoms with Crippen molar-refractivity contribution in [1.82, 2.24) is 5.32 Å². The summed E-state index contributed by atoms with van der Waals surface area (Å²) in [6.45, 7) is 2.78. The van der Waals surface area contributed by atoms with Gasteiger partial charge in [-0.25, -0.2) is 0 Å². The van der Waals surface area contributed by atoms with E-state index in [1.165, 1.54) is 0 Å². The lowest BCUT2D eigenvalue weighted by molar-refractivity contribution is -0.115. The third-order valence-corrected chi connectivity index (χ3v) is 5.07. The molecule has 3 aromatic carbocycles. The van der Waals surface area contributed by atoms with Crippen LogP contribution in [-0.4, -0.2) is 18.4 Å². The third-order valence-electron chi connectivity index (χ3n) is 4.81. The molecule has 0 spiro atoms. The first kappa shape index (κ1) is 21.5. The maximum atomic E-state index is 12.7. The van der Waals surface area contributed by atoms with E-state index in [0.717, 1.165) is 16.9 Å². The number of ether oxygens (including phenoxy) is 2. The Balaban J connectivity index is 1.46. The number of hydrogen-bond donors (Lipinski definition) is 2. The van der Waals surface area contributed by atoms with Gasteiger partial charge in [0.05, 0.1) is 12.3 Å². The van der Waals surface area contributed by atoms with E-state index in [0.29, 0.717) is 35.2 Å². The van der Waals surface area contributed by atoms with Crippen LogP contribution in [0.5, 0.6) is 11.5 Å². The summed E-state index contributed by atoms with van der Waals surface area (Å²) in [5.74, 6) is 0.695. The zero-order chi connectivity index (χ0) is 22.5. The Kier molecular flexibility index (Phi) is 6.42. The molecule has 0 aromatic heterocycles. The van der Waals surface area contributed by atoms with Crippen molar-refractivity contribution in [3.8, 4) is 11.5 Å². The molecule has 1 aliphatic rings. The SMILES string of the molecule is CCOc1ccccc1CNC(=O)c1ccc2c(c1)NC(=O)C(=Cc1ccc(Cl)cc1)O2. The van der Waals surface area contributed by atoms with Crippen molar-refractivity contribution < 1.29 is 19.1 Å². The van der Waals surface area contributed by atoms with Gasteiger partial charge in [0, 0.05) is 22.7 Å². The van der Waals surface area contributed by atoms with Crippen molar-refractivity contribution in [3.05, 3.63) is 94.2 Å². The third kappa shape index (κ3) is 4.92. The van der Waals surface area contributed by atoms with Crippen molar-refractivity contribution in [3.63, 3.8) is 0 Å². The highest BCUT2D eigenvalue weighted by Crippen LogP contribution is 2.32. The summed E-state index contributed by atoms with van der Waals surface area (Å²) in [5, 5.41) is 6.27. The minimum atomic E-state index is -0.393. The Labute approximate surface area is 190 Å². The maximum Gasteiger partial charge on any atom is 0.291 e. The molecule has 2 N–H and O–H groups in total. The van der Waals surface area contributed by atoms with E-state index < -0.39 is 5.91 Å². The normalized spacial score (nSPS) is 13.7. The lowest BCUT2D eigenvalue weighted by atomic mass is 10.1. The van der Waals surface area contributed by atoms with E-state index in [1.54, 1.807) is 48.5 Å². The molecule has 162 valence electrons. The molecule has 4 rings (SSSR count). The fraction of sp³-hybridized carbons (Fsp3) is 0.120. The number of para-hydroxylation sites is 1. The molecule has 0 bridgehead atoms. The van der Waals surface area contributed by atoms with Gasteiger partial charge in [-0.15, -0.1) is 0 Å². The van der Waals surface area contributed by atoms with Crippen LogP contribution < -0.4 is 20.1 Å². The van der Waals surface area contributed by atoms with Gasteiger partial charge in [-0.05, 0) is 55.0 Å². The highest BCUT2D eigenvalue weighted by molar-refractivity contribution is 6.30. The zero-order valence-electron chi connectivity index (χ0n) is 17.4. The molecule has 0 atom stereocenters. The van der Waals surface area contributed by atoms with Crippen LogP contribution in [0.1, 0.15) is 28.4 Å². The zero-order valence-corrected chi connectivity index (χ0v) is 18.1. The highest BCUT2D eigenvalue weighted by atomic mass is 35.5. The Morgan fingerprint density at radius 1 is 1.12 bits per heavy atom. The monoisotopic (exact) mass is 448 g/mol. The second-order valence-corrected chi connectivity index (χ2v) is 7.49. The number of nitrogens with one attached hydrogen (secondary N) is 2. The Morgan fingerprint density at radius 2 is 1.91 bits per heavy atom. The van der Waals surface area contributed by atoms with Crippen molar-refractivity contribution in [2.45, 2.75) is 13.5 Å². The number of benzene rings is 3. The number of carbonyl (C=O) groups is 2. The molecular weight excluding hydrogens is 428 g/mol. The first-order chi connectivity index (χ1) is 15.5. The number of halogens is 1. The topological polar surface area (TPSA) is 76.7 Å². The molecule has 3 aromatic rings. The molecule has 0 fully saturated rings. The fourth-order valence-corrected chi connectivity index (χ4v) is 3.36. The molecule has 0 aliphatic carbocycles. The van der Waals surface area contributed by atoms with E-state index in [4.69, 9.17) is 21.1 Å².